The minimum absolute atomic E-state index is 0.0334. The molecule has 2 rings (SSSR count). The highest BCUT2D eigenvalue weighted by Crippen LogP contribution is 2.37. The lowest BCUT2D eigenvalue weighted by Crippen LogP contribution is -2.58. The number of nitrogens with zero attached hydrogens (tertiary/aromatic N) is 2. The van der Waals surface area contributed by atoms with Crippen LogP contribution in [0.3, 0.4) is 0 Å². The van der Waals surface area contributed by atoms with Crippen LogP contribution in [0.25, 0.3) is 0 Å². The zero-order chi connectivity index (χ0) is 18.6. The van der Waals surface area contributed by atoms with Crippen LogP contribution in [-0.2, 0) is 28.6 Å². The predicted octanol–water partition coefficient (Wildman–Crippen LogP) is 2.34. The van der Waals surface area contributed by atoms with Gasteiger partial charge in [0.25, 0.3) is 5.91 Å². The number of nitrogens with one attached hydrogen (secondary N) is 1. The Balaban J connectivity index is 2.59. The summed E-state index contributed by atoms with van der Waals surface area (Å²) in [5.74, 6) is -1.62. The molecule has 1 aromatic rings. The van der Waals surface area contributed by atoms with Gasteiger partial charge in [-0.1, -0.05) is 31.2 Å². The molecule has 0 bridgehead atoms. The van der Waals surface area contributed by atoms with Gasteiger partial charge < -0.3 is 22.4 Å². The van der Waals surface area contributed by atoms with Crippen LogP contribution in [0.2, 0.25) is 0 Å². The van der Waals surface area contributed by atoms with E-state index in [0.717, 1.165) is 31.6 Å². The lowest BCUT2D eigenvalue weighted by Gasteiger charge is -2.46. The van der Waals surface area contributed by atoms with Crippen molar-refractivity contribution in [2.75, 3.05) is 19.6 Å². The summed E-state index contributed by atoms with van der Waals surface area (Å²) >= 11 is 4.90. The Bertz CT molecular complexity index is 657. The van der Waals surface area contributed by atoms with E-state index in [1.807, 2.05) is 12.1 Å². The van der Waals surface area contributed by atoms with Gasteiger partial charge in [-0.2, -0.15) is 0 Å². The van der Waals surface area contributed by atoms with Gasteiger partial charge >= 0.3 is 0 Å². The van der Waals surface area contributed by atoms with E-state index in [1.165, 1.54) is 5.56 Å². The van der Waals surface area contributed by atoms with E-state index in [1.54, 1.807) is 0 Å². The molecule has 2 unspecified atom stereocenters. The fourth-order valence-electron chi connectivity index (χ4n) is 3.81. The summed E-state index contributed by atoms with van der Waals surface area (Å²) in [5, 5.41) is 2.54. The highest BCUT2D eigenvalue weighted by Gasteiger charge is 2.48. The maximum atomic E-state index is 12.7. The number of aliphatic imine (C=N–C) groups is 1. The van der Waals surface area contributed by atoms with Crippen LogP contribution < -0.4 is 5.32 Å². The Kier molecular flexibility index (Phi) is 6.30. The maximum absolute atomic E-state index is 12.7. The molecule has 1 aromatic carbocycles. The first-order valence-electron chi connectivity index (χ1n) is 8.97. The van der Waals surface area contributed by atoms with E-state index in [-0.39, 0.29) is 17.1 Å². The monoisotopic (exact) mass is 361 g/mol. The van der Waals surface area contributed by atoms with Gasteiger partial charge in [0.15, 0.2) is 5.92 Å². The average molecular weight is 362 g/mol. The molecule has 1 heterocycles. The molecule has 0 saturated carbocycles. The zero-order valence-corrected chi connectivity index (χ0v) is 16.2. The lowest BCUT2D eigenvalue weighted by atomic mass is 9.86. The van der Waals surface area contributed by atoms with Gasteiger partial charge in [-0.05, 0) is 37.9 Å². The number of hydrogen-bond donors (Lipinski definition) is 1. The summed E-state index contributed by atoms with van der Waals surface area (Å²) in [4.78, 5) is 29.1. The van der Waals surface area contributed by atoms with Gasteiger partial charge in [0.05, 0.1) is 19.6 Å². The first-order valence-corrected chi connectivity index (χ1v) is 9.38. The highest BCUT2D eigenvalue weighted by molar-refractivity contribution is 7.77. The van der Waals surface area contributed by atoms with Gasteiger partial charge in [-0.3, -0.25) is 9.59 Å². The van der Waals surface area contributed by atoms with Crippen LogP contribution >= 0.6 is 0 Å². The van der Waals surface area contributed by atoms with Crippen molar-refractivity contribution in [1.82, 2.24) is 5.32 Å². The number of amidine groups is 1. The number of carbonyl (C=O) groups is 2. The third-order valence-electron chi connectivity index (χ3n) is 5.52. The number of aryl methyl sites for hydroxylation is 1. The summed E-state index contributed by atoms with van der Waals surface area (Å²) in [6.07, 6.45) is 0.951. The molecule has 1 aliphatic heterocycles. The molecule has 0 fully saturated rings. The SMILES string of the molecule is CCc1ccc(C(C2C(=O)N=C([S-])NC2=O)[N+](CC)(CC)CC)cc1. The molecule has 0 radical (unpaired) electrons. The molecule has 2 atom stereocenters. The third-order valence-corrected chi connectivity index (χ3v) is 5.71. The van der Waals surface area contributed by atoms with Gasteiger partial charge in [0.1, 0.15) is 6.04 Å². The molecule has 1 N–H and O–H groups in total. The molecular formula is C19H27N3O2S. The molecule has 5 nitrogen and oxygen atoms in total. The molecule has 0 spiro atoms. The quantitative estimate of drug-likeness (QED) is 0.461. The van der Waals surface area contributed by atoms with Crippen LogP contribution in [0.15, 0.2) is 29.3 Å². The van der Waals surface area contributed by atoms with Crippen molar-refractivity contribution in [1.29, 1.82) is 0 Å². The summed E-state index contributed by atoms with van der Waals surface area (Å²) in [6.45, 7) is 10.9. The second kappa shape index (κ2) is 8.06. The standard InChI is InChI=1S/C19H27N3O2S/c1-5-13-9-11-14(12-10-13)16(22(6-2,7-3)8-4)15-17(23)20-19(25)21-18(15)24/h9-12,15-16H,5-8H2,1-4H3,(H-,20,21,23,24,25). The largest absolute Gasteiger partial charge is 0.742 e. The molecule has 136 valence electrons. The first kappa shape index (κ1) is 19.5. The molecule has 0 aliphatic carbocycles. The molecular weight excluding hydrogens is 334 g/mol. The number of carbonyl (C=O) groups excluding carboxylic acids is 2. The van der Waals surface area contributed by atoms with E-state index >= 15 is 0 Å². The van der Waals surface area contributed by atoms with Crippen LogP contribution in [0, 0.1) is 5.92 Å². The number of benzene rings is 1. The molecule has 2 amide bonds. The van der Waals surface area contributed by atoms with E-state index < -0.39 is 11.8 Å². The van der Waals surface area contributed by atoms with Crippen LogP contribution in [0.4, 0.5) is 0 Å². The van der Waals surface area contributed by atoms with Crippen molar-refractivity contribution in [2.45, 2.75) is 40.2 Å². The predicted molar refractivity (Wildman–Crippen MR) is 102 cm³/mol. The second-order valence-electron chi connectivity index (χ2n) is 6.43. The summed E-state index contributed by atoms with van der Waals surface area (Å²) in [6, 6.07) is 7.97. The number of amides is 2. The summed E-state index contributed by atoms with van der Waals surface area (Å²) in [7, 11) is 0. The smallest absolute Gasteiger partial charge is 0.264 e. The molecule has 1 aliphatic rings. The van der Waals surface area contributed by atoms with Crippen molar-refractivity contribution < 1.29 is 14.1 Å². The minimum Gasteiger partial charge on any atom is -0.742 e. The zero-order valence-electron chi connectivity index (χ0n) is 15.4. The molecule has 0 saturated heterocycles. The lowest BCUT2D eigenvalue weighted by molar-refractivity contribution is -0.954. The van der Waals surface area contributed by atoms with E-state index in [0.29, 0.717) is 4.48 Å². The normalized spacial score (nSPS) is 19.4. The van der Waals surface area contributed by atoms with Crippen LogP contribution in [-0.4, -0.2) is 41.1 Å². The van der Waals surface area contributed by atoms with Crippen molar-refractivity contribution >= 4 is 29.6 Å². The van der Waals surface area contributed by atoms with Crippen LogP contribution in [0.5, 0.6) is 0 Å². The minimum atomic E-state index is -0.848. The summed E-state index contributed by atoms with van der Waals surface area (Å²) < 4.78 is 0.650. The average Bonchev–Trinajstić information content (AvgIpc) is 2.61. The van der Waals surface area contributed by atoms with Crippen molar-refractivity contribution in [3.63, 3.8) is 0 Å². The maximum Gasteiger partial charge on any atom is 0.264 e. The van der Waals surface area contributed by atoms with Gasteiger partial charge in [0.2, 0.25) is 5.91 Å². The Morgan fingerprint density at radius 3 is 2.08 bits per heavy atom. The van der Waals surface area contributed by atoms with E-state index in [4.69, 9.17) is 12.6 Å². The number of quaternary nitrogens is 1. The molecule has 0 aromatic heterocycles. The van der Waals surface area contributed by atoms with Crippen LogP contribution in [0.1, 0.15) is 44.9 Å². The first-order chi connectivity index (χ1) is 11.9. The van der Waals surface area contributed by atoms with Gasteiger partial charge in [-0.25, -0.2) is 4.99 Å². The summed E-state index contributed by atoms with van der Waals surface area (Å²) in [5.41, 5.74) is 2.23. The van der Waals surface area contributed by atoms with Crippen molar-refractivity contribution in [3.05, 3.63) is 35.4 Å². The van der Waals surface area contributed by atoms with E-state index in [2.05, 4.69) is 50.1 Å². The topological polar surface area (TPSA) is 58.5 Å². The molecule has 25 heavy (non-hydrogen) atoms. The third kappa shape index (κ3) is 3.75. The molecule has 6 heteroatoms. The number of rotatable bonds is 7. The van der Waals surface area contributed by atoms with E-state index in [9.17, 15) is 9.59 Å². The van der Waals surface area contributed by atoms with Gasteiger partial charge in [0, 0.05) is 5.56 Å². The Morgan fingerprint density at radius 1 is 1.08 bits per heavy atom. The fourth-order valence-corrected chi connectivity index (χ4v) is 4.00. The van der Waals surface area contributed by atoms with Crippen molar-refractivity contribution in [2.24, 2.45) is 10.9 Å². The Morgan fingerprint density at radius 2 is 1.64 bits per heavy atom. The number of hydrogen-bond acceptors (Lipinski definition) is 3. The second-order valence-corrected chi connectivity index (χ2v) is 6.82. The van der Waals surface area contributed by atoms with Crippen molar-refractivity contribution in [3.8, 4) is 0 Å². The highest BCUT2D eigenvalue weighted by atomic mass is 32.1. The Labute approximate surface area is 155 Å². The Hall–Kier alpha value is -1.79. The van der Waals surface area contributed by atoms with Gasteiger partial charge in [-0.15, -0.1) is 0 Å². The fraction of sp³-hybridized carbons (Fsp3) is 0.526.